The fourth-order valence-electron chi connectivity index (χ4n) is 3.60. The van der Waals surface area contributed by atoms with Gasteiger partial charge in [0.25, 0.3) is 5.56 Å². The van der Waals surface area contributed by atoms with E-state index in [0.717, 1.165) is 4.57 Å². The summed E-state index contributed by atoms with van der Waals surface area (Å²) in [5, 5.41) is 3.05. The number of anilines is 1. The summed E-state index contributed by atoms with van der Waals surface area (Å²) in [5.74, 6) is -0.248. The van der Waals surface area contributed by atoms with Crippen LogP contribution in [0.5, 0.6) is 5.75 Å². The fourth-order valence-corrected chi connectivity index (χ4v) is 3.60. The zero-order valence-electron chi connectivity index (χ0n) is 14.5. The van der Waals surface area contributed by atoms with Gasteiger partial charge in [0.15, 0.2) is 0 Å². The van der Waals surface area contributed by atoms with Gasteiger partial charge in [-0.3, -0.25) is 13.9 Å². The van der Waals surface area contributed by atoms with Crippen molar-refractivity contribution in [2.24, 2.45) is 14.1 Å². The predicted octanol–water partition coefficient (Wildman–Crippen LogP) is 0.461. The molecule has 0 unspecified atom stereocenters. The number of carbonyl (C=O) groups excluding carboxylic acids is 1. The van der Waals surface area contributed by atoms with Gasteiger partial charge in [-0.15, -0.1) is 0 Å². The highest BCUT2D eigenvalue weighted by Crippen LogP contribution is 2.44. The second-order valence-electron chi connectivity index (χ2n) is 6.24. The molecule has 134 valence electrons. The number of nitrogens with zero attached hydrogens (tertiary/aromatic N) is 2. The molecule has 1 aromatic heterocycles. The lowest BCUT2D eigenvalue weighted by Crippen LogP contribution is -2.43. The number of carbonyl (C=O) groups is 1. The lowest BCUT2D eigenvalue weighted by Gasteiger charge is -2.28. The number of cyclic esters (lactones) is 1. The maximum absolute atomic E-state index is 13.0. The third kappa shape index (κ3) is 2.05. The Morgan fingerprint density at radius 1 is 1.15 bits per heavy atom. The first-order chi connectivity index (χ1) is 12.5. The Hall–Kier alpha value is -3.29. The Morgan fingerprint density at radius 2 is 1.88 bits per heavy atom. The van der Waals surface area contributed by atoms with Gasteiger partial charge in [0.05, 0.1) is 29.9 Å². The number of para-hydroxylation sites is 1. The van der Waals surface area contributed by atoms with Crippen molar-refractivity contribution < 1.29 is 14.3 Å². The van der Waals surface area contributed by atoms with Crippen molar-refractivity contribution in [1.82, 2.24) is 9.13 Å². The van der Waals surface area contributed by atoms with Crippen molar-refractivity contribution in [3.8, 4) is 5.75 Å². The molecular weight excluding hydrogens is 338 g/mol. The van der Waals surface area contributed by atoms with E-state index in [1.807, 2.05) is 12.1 Å². The van der Waals surface area contributed by atoms with Gasteiger partial charge >= 0.3 is 11.7 Å². The molecule has 1 atom stereocenters. The molecular formula is C18H17N3O5. The normalized spacial score (nSPS) is 18.1. The van der Waals surface area contributed by atoms with Crippen LogP contribution < -0.4 is 21.3 Å². The summed E-state index contributed by atoms with van der Waals surface area (Å²) in [5.41, 5.74) is 1.00. The molecule has 1 N–H and O–H groups in total. The van der Waals surface area contributed by atoms with Crippen LogP contribution in [-0.4, -0.2) is 28.8 Å². The minimum atomic E-state index is -0.683. The number of ether oxygens (including phenoxy) is 2. The number of aromatic nitrogens is 2. The second kappa shape index (κ2) is 5.62. The van der Waals surface area contributed by atoms with Crippen LogP contribution in [0.1, 0.15) is 17.0 Å². The number of rotatable bonds is 2. The standard InChI is InChI=1S/C18H17N3O5/c1-20-15-14(16(22)21(2)18(20)24)12(9-6-4-5-7-11(9)25-3)13-10(19-15)8-26-17(13)23/h4-7,12,19H,8H2,1-3H3/t12-/m1/s1. The smallest absolute Gasteiger partial charge is 0.337 e. The Kier molecular flexibility index (Phi) is 3.50. The summed E-state index contributed by atoms with van der Waals surface area (Å²) in [6.45, 7) is 0.0721. The van der Waals surface area contributed by atoms with Gasteiger partial charge in [0.2, 0.25) is 0 Å². The van der Waals surface area contributed by atoms with Crippen LogP contribution in [0.3, 0.4) is 0 Å². The summed E-state index contributed by atoms with van der Waals surface area (Å²) in [6, 6.07) is 7.20. The number of hydrogen-bond donors (Lipinski definition) is 1. The number of nitrogens with one attached hydrogen (secondary N) is 1. The molecule has 1 aromatic carbocycles. The van der Waals surface area contributed by atoms with Crippen LogP contribution in [0.4, 0.5) is 5.82 Å². The molecule has 0 saturated carbocycles. The monoisotopic (exact) mass is 355 g/mol. The van der Waals surface area contributed by atoms with E-state index < -0.39 is 23.1 Å². The van der Waals surface area contributed by atoms with Gasteiger partial charge in [-0.05, 0) is 6.07 Å². The molecule has 2 aliphatic rings. The Balaban J connectivity index is 2.11. The van der Waals surface area contributed by atoms with Crippen LogP contribution in [0.15, 0.2) is 45.1 Å². The Bertz CT molecular complexity index is 1090. The number of fused-ring (bicyclic) bond motifs is 1. The first kappa shape index (κ1) is 16.2. The molecule has 4 rings (SSSR count). The highest BCUT2D eigenvalue weighted by molar-refractivity contribution is 5.97. The molecule has 0 amide bonds. The van der Waals surface area contributed by atoms with Gasteiger partial charge in [-0.25, -0.2) is 9.59 Å². The van der Waals surface area contributed by atoms with Crippen molar-refractivity contribution in [1.29, 1.82) is 0 Å². The summed E-state index contributed by atoms with van der Waals surface area (Å²) in [7, 11) is 4.53. The van der Waals surface area contributed by atoms with Crippen molar-refractivity contribution in [2.45, 2.75) is 5.92 Å². The van der Waals surface area contributed by atoms with Crippen molar-refractivity contribution >= 4 is 11.8 Å². The fraction of sp³-hybridized carbons (Fsp3) is 0.278. The average molecular weight is 355 g/mol. The number of hydrogen-bond acceptors (Lipinski definition) is 6. The molecule has 2 aromatic rings. The molecule has 0 fully saturated rings. The second-order valence-corrected chi connectivity index (χ2v) is 6.24. The van der Waals surface area contributed by atoms with Gasteiger partial charge in [0, 0.05) is 19.7 Å². The maximum atomic E-state index is 13.0. The average Bonchev–Trinajstić information content (AvgIpc) is 3.03. The third-order valence-corrected chi connectivity index (χ3v) is 4.89. The van der Waals surface area contributed by atoms with Gasteiger partial charge in [-0.2, -0.15) is 0 Å². The number of benzene rings is 1. The lowest BCUT2D eigenvalue weighted by atomic mass is 9.82. The molecule has 2 aliphatic heterocycles. The van der Waals surface area contributed by atoms with Crippen LogP contribution in [0.2, 0.25) is 0 Å². The minimum Gasteiger partial charge on any atom is -0.496 e. The number of esters is 1. The maximum Gasteiger partial charge on any atom is 0.337 e. The van der Waals surface area contributed by atoms with Crippen LogP contribution in [0, 0.1) is 0 Å². The van der Waals surface area contributed by atoms with Gasteiger partial charge in [0.1, 0.15) is 18.2 Å². The first-order valence-corrected chi connectivity index (χ1v) is 8.05. The van der Waals surface area contributed by atoms with Gasteiger partial charge in [-0.1, -0.05) is 18.2 Å². The molecule has 0 bridgehead atoms. The van der Waals surface area contributed by atoms with Crippen molar-refractivity contribution in [3.63, 3.8) is 0 Å². The van der Waals surface area contributed by atoms with E-state index in [0.29, 0.717) is 34.0 Å². The molecule has 0 radical (unpaired) electrons. The Morgan fingerprint density at radius 3 is 2.62 bits per heavy atom. The first-order valence-electron chi connectivity index (χ1n) is 8.05. The summed E-state index contributed by atoms with van der Waals surface area (Å²) >= 11 is 0. The molecule has 8 nitrogen and oxygen atoms in total. The highest BCUT2D eigenvalue weighted by Gasteiger charge is 2.42. The third-order valence-electron chi connectivity index (χ3n) is 4.89. The van der Waals surface area contributed by atoms with E-state index in [4.69, 9.17) is 9.47 Å². The molecule has 0 aliphatic carbocycles. The quantitative estimate of drug-likeness (QED) is 0.787. The topological polar surface area (TPSA) is 91.6 Å². The zero-order valence-corrected chi connectivity index (χ0v) is 14.5. The molecule has 26 heavy (non-hydrogen) atoms. The zero-order chi connectivity index (χ0) is 18.6. The predicted molar refractivity (Wildman–Crippen MR) is 93.4 cm³/mol. The van der Waals surface area contributed by atoms with Crippen molar-refractivity contribution in [3.05, 3.63) is 67.5 Å². The number of methoxy groups -OCH3 is 1. The van der Waals surface area contributed by atoms with E-state index in [1.54, 1.807) is 19.2 Å². The van der Waals surface area contributed by atoms with E-state index in [2.05, 4.69) is 5.32 Å². The molecule has 3 heterocycles. The molecule has 0 spiro atoms. The molecule has 0 saturated heterocycles. The SMILES string of the molecule is COc1ccccc1[C@@H]1C2=C(COC2=O)Nc2c1c(=O)n(C)c(=O)n2C. The highest BCUT2D eigenvalue weighted by atomic mass is 16.5. The Labute approximate surface area is 148 Å². The van der Waals surface area contributed by atoms with E-state index in [9.17, 15) is 14.4 Å². The molecule has 8 heteroatoms. The largest absolute Gasteiger partial charge is 0.496 e. The summed E-state index contributed by atoms with van der Waals surface area (Å²) < 4.78 is 13.0. The van der Waals surface area contributed by atoms with Crippen LogP contribution >= 0.6 is 0 Å². The van der Waals surface area contributed by atoms with E-state index in [1.165, 1.54) is 18.7 Å². The van der Waals surface area contributed by atoms with Crippen LogP contribution in [-0.2, 0) is 23.6 Å². The van der Waals surface area contributed by atoms with E-state index in [-0.39, 0.29) is 6.61 Å². The van der Waals surface area contributed by atoms with Crippen molar-refractivity contribution in [2.75, 3.05) is 19.0 Å². The minimum absolute atomic E-state index is 0.0721. The van der Waals surface area contributed by atoms with Crippen LogP contribution in [0.25, 0.3) is 0 Å². The lowest BCUT2D eigenvalue weighted by molar-refractivity contribution is -0.136. The van der Waals surface area contributed by atoms with E-state index >= 15 is 0 Å². The summed E-state index contributed by atoms with van der Waals surface area (Å²) in [4.78, 5) is 37.7. The van der Waals surface area contributed by atoms with Gasteiger partial charge < -0.3 is 14.8 Å². The summed E-state index contributed by atoms with van der Waals surface area (Å²) in [6.07, 6.45) is 0.